The van der Waals surface area contributed by atoms with Gasteiger partial charge in [-0.25, -0.2) is 0 Å². The maximum atomic E-state index is 5.89. The predicted molar refractivity (Wildman–Crippen MR) is 132 cm³/mol. The van der Waals surface area contributed by atoms with E-state index in [9.17, 15) is 0 Å². The van der Waals surface area contributed by atoms with Gasteiger partial charge >= 0.3 is 0 Å². The van der Waals surface area contributed by atoms with Gasteiger partial charge in [-0.1, -0.05) is 17.3 Å². The van der Waals surface area contributed by atoms with Crippen molar-refractivity contribution in [3.63, 3.8) is 0 Å². The molecule has 0 unspecified atom stereocenters. The summed E-state index contributed by atoms with van der Waals surface area (Å²) in [6.45, 7) is 6.05. The molecule has 2 heterocycles. The molecule has 1 N–H and O–H groups in total. The third kappa shape index (κ3) is 7.50. The van der Waals surface area contributed by atoms with Crippen molar-refractivity contribution in [2.75, 3.05) is 33.8 Å². The Balaban J connectivity index is 0.00000341. The number of guanidine groups is 1. The smallest absolute Gasteiger partial charge is 0.276 e. The lowest BCUT2D eigenvalue weighted by molar-refractivity contribution is 0.281. The summed E-state index contributed by atoms with van der Waals surface area (Å²) in [5.41, 5.74) is 3.07. The molecule has 1 aromatic carbocycles. The molecule has 2 aromatic heterocycles. The fraction of sp³-hybridized carbons (Fsp3) is 0.364. The van der Waals surface area contributed by atoms with Crippen molar-refractivity contribution in [1.82, 2.24) is 25.3 Å². The summed E-state index contributed by atoms with van der Waals surface area (Å²) in [6.07, 6.45) is 2.31. The third-order valence-corrected chi connectivity index (χ3v) is 4.45. The van der Waals surface area contributed by atoms with Crippen LogP contribution in [0.4, 0.5) is 0 Å². The first-order valence-corrected chi connectivity index (χ1v) is 9.92. The molecule has 166 valence electrons. The second-order valence-corrected chi connectivity index (χ2v) is 7.05. The van der Waals surface area contributed by atoms with Crippen LogP contribution in [0.15, 0.2) is 52.1 Å². The molecule has 0 radical (unpaired) electrons. The molecule has 0 aliphatic rings. The lowest BCUT2D eigenvalue weighted by Crippen LogP contribution is -2.41. The number of rotatable bonds is 8. The molecule has 9 heteroatoms. The van der Waals surface area contributed by atoms with E-state index in [0.29, 0.717) is 43.5 Å². The largest absolute Gasteiger partial charge is 0.492 e. The van der Waals surface area contributed by atoms with Gasteiger partial charge in [-0.15, -0.1) is 24.0 Å². The standard InChI is InChI=1S/C22H28N6O2.HI/c1-16-13-17(2)15-18(14-16)29-12-11-28(4)22(23-3)25-10-8-20-26-21(30-27-20)19-7-5-6-9-24-19;/h5-7,9,13-15H,8,10-12H2,1-4H3,(H,23,25);1H. The van der Waals surface area contributed by atoms with Gasteiger partial charge in [-0.2, -0.15) is 4.98 Å². The zero-order valence-corrected chi connectivity index (χ0v) is 20.7. The van der Waals surface area contributed by atoms with Crippen LogP contribution in [0, 0.1) is 13.8 Å². The number of aryl methyl sites for hydroxylation is 2. The number of halogens is 1. The molecule has 8 nitrogen and oxygen atoms in total. The molecular formula is C22H29IN6O2. The third-order valence-electron chi connectivity index (χ3n) is 4.45. The number of likely N-dealkylation sites (N-methyl/N-ethyl adjacent to an activating group) is 1. The van der Waals surface area contributed by atoms with E-state index in [0.717, 1.165) is 11.7 Å². The van der Waals surface area contributed by atoms with E-state index in [1.54, 1.807) is 13.2 Å². The van der Waals surface area contributed by atoms with E-state index in [-0.39, 0.29) is 24.0 Å². The van der Waals surface area contributed by atoms with Crippen LogP contribution in [-0.2, 0) is 6.42 Å². The number of hydrogen-bond donors (Lipinski definition) is 1. The fourth-order valence-corrected chi connectivity index (χ4v) is 3.04. The highest BCUT2D eigenvalue weighted by Gasteiger charge is 2.11. The van der Waals surface area contributed by atoms with Crippen LogP contribution in [-0.4, -0.2) is 59.8 Å². The van der Waals surface area contributed by atoms with E-state index < -0.39 is 0 Å². The molecule has 0 fully saturated rings. The Kier molecular flexibility index (Phi) is 9.70. The Hall–Kier alpha value is -2.69. The molecular weight excluding hydrogens is 507 g/mol. The van der Waals surface area contributed by atoms with Crippen molar-refractivity contribution >= 4 is 29.9 Å². The number of pyridine rings is 1. The lowest BCUT2D eigenvalue weighted by atomic mass is 10.1. The van der Waals surface area contributed by atoms with Gasteiger partial charge in [-0.3, -0.25) is 9.98 Å². The summed E-state index contributed by atoms with van der Waals surface area (Å²) < 4.78 is 11.2. The number of hydrogen-bond acceptors (Lipinski definition) is 6. The van der Waals surface area contributed by atoms with Crippen LogP contribution in [0.25, 0.3) is 11.6 Å². The lowest BCUT2D eigenvalue weighted by Gasteiger charge is -2.22. The first-order chi connectivity index (χ1) is 14.5. The Labute approximate surface area is 200 Å². The van der Waals surface area contributed by atoms with Crippen molar-refractivity contribution in [3.8, 4) is 17.3 Å². The van der Waals surface area contributed by atoms with Gasteiger partial charge in [0.05, 0.1) is 6.54 Å². The SMILES string of the molecule is CN=C(NCCc1noc(-c2ccccn2)n1)N(C)CCOc1cc(C)cc(C)c1.I. The number of benzene rings is 1. The summed E-state index contributed by atoms with van der Waals surface area (Å²) in [5, 5.41) is 7.33. The Morgan fingerprint density at radius 1 is 1.19 bits per heavy atom. The molecule has 0 amide bonds. The topological polar surface area (TPSA) is 88.7 Å². The summed E-state index contributed by atoms with van der Waals surface area (Å²) in [7, 11) is 3.74. The highest BCUT2D eigenvalue weighted by molar-refractivity contribution is 14.0. The first-order valence-electron chi connectivity index (χ1n) is 9.92. The van der Waals surface area contributed by atoms with Gasteiger partial charge in [-0.05, 0) is 49.2 Å². The maximum Gasteiger partial charge on any atom is 0.276 e. The molecule has 0 saturated heterocycles. The number of nitrogens with zero attached hydrogens (tertiary/aromatic N) is 5. The normalized spacial score (nSPS) is 11.0. The second kappa shape index (κ2) is 12.2. The van der Waals surface area contributed by atoms with Crippen LogP contribution < -0.4 is 10.1 Å². The first kappa shape index (κ1) is 24.6. The zero-order chi connectivity index (χ0) is 21.3. The summed E-state index contributed by atoms with van der Waals surface area (Å²) in [4.78, 5) is 15.0. The molecule has 0 spiro atoms. The molecule has 0 atom stereocenters. The fourth-order valence-electron chi connectivity index (χ4n) is 3.04. The number of ether oxygens (including phenoxy) is 1. The minimum absolute atomic E-state index is 0. The monoisotopic (exact) mass is 536 g/mol. The molecule has 0 aliphatic heterocycles. The Morgan fingerprint density at radius 3 is 2.65 bits per heavy atom. The summed E-state index contributed by atoms with van der Waals surface area (Å²) >= 11 is 0. The van der Waals surface area contributed by atoms with Crippen LogP contribution in [0.3, 0.4) is 0 Å². The van der Waals surface area contributed by atoms with Crippen LogP contribution in [0.5, 0.6) is 5.75 Å². The van der Waals surface area contributed by atoms with Gasteiger partial charge < -0.3 is 19.5 Å². The Morgan fingerprint density at radius 2 is 1.97 bits per heavy atom. The van der Waals surface area contributed by atoms with E-state index in [2.05, 4.69) is 45.3 Å². The molecule has 0 saturated carbocycles. The van der Waals surface area contributed by atoms with Crippen molar-refractivity contribution in [2.24, 2.45) is 4.99 Å². The average Bonchev–Trinajstić information content (AvgIpc) is 3.20. The molecule has 3 aromatic rings. The van der Waals surface area contributed by atoms with Gasteiger partial charge in [0.1, 0.15) is 18.1 Å². The molecule has 3 rings (SSSR count). The highest BCUT2D eigenvalue weighted by atomic mass is 127. The maximum absolute atomic E-state index is 5.89. The quantitative estimate of drug-likeness (QED) is 0.268. The minimum atomic E-state index is 0. The molecule has 0 bridgehead atoms. The minimum Gasteiger partial charge on any atom is -0.492 e. The number of aliphatic imine (C=N–C) groups is 1. The van der Waals surface area contributed by atoms with E-state index >= 15 is 0 Å². The van der Waals surface area contributed by atoms with Gasteiger partial charge in [0.25, 0.3) is 5.89 Å². The van der Waals surface area contributed by atoms with Crippen molar-refractivity contribution in [2.45, 2.75) is 20.3 Å². The number of aromatic nitrogens is 3. The second-order valence-electron chi connectivity index (χ2n) is 7.05. The van der Waals surface area contributed by atoms with E-state index in [1.165, 1.54) is 11.1 Å². The molecule has 31 heavy (non-hydrogen) atoms. The van der Waals surface area contributed by atoms with Crippen LogP contribution in [0.2, 0.25) is 0 Å². The van der Waals surface area contributed by atoms with E-state index in [4.69, 9.17) is 9.26 Å². The predicted octanol–water partition coefficient (Wildman–Crippen LogP) is 3.50. The summed E-state index contributed by atoms with van der Waals surface area (Å²) in [5.74, 6) is 2.73. The van der Waals surface area contributed by atoms with Crippen molar-refractivity contribution < 1.29 is 9.26 Å². The average molecular weight is 536 g/mol. The molecule has 0 aliphatic carbocycles. The van der Waals surface area contributed by atoms with E-state index in [1.807, 2.05) is 42.3 Å². The Bertz CT molecular complexity index is 957. The van der Waals surface area contributed by atoms with Crippen molar-refractivity contribution in [1.29, 1.82) is 0 Å². The zero-order valence-electron chi connectivity index (χ0n) is 18.3. The van der Waals surface area contributed by atoms with Gasteiger partial charge in [0, 0.05) is 33.3 Å². The number of nitrogens with one attached hydrogen (secondary N) is 1. The van der Waals surface area contributed by atoms with Gasteiger partial charge in [0.15, 0.2) is 11.8 Å². The summed E-state index contributed by atoms with van der Waals surface area (Å²) in [6, 6.07) is 11.8. The van der Waals surface area contributed by atoms with Crippen molar-refractivity contribution in [3.05, 3.63) is 59.5 Å². The van der Waals surface area contributed by atoms with Gasteiger partial charge in [0.2, 0.25) is 0 Å². The highest BCUT2D eigenvalue weighted by Crippen LogP contribution is 2.16. The van der Waals surface area contributed by atoms with Crippen LogP contribution in [0.1, 0.15) is 17.0 Å². The van der Waals surface area contributed by atoms with Crippen LogP contribution >= 0.6 is 24.0 Å².